The molecule has 1 atom stereocenters. The first-order valence-corrected chi connectivity index (χ1v) is 8.59. The van der Waals surface area contributed by atoms with Gasteiger partial charge in [0.2, 0.25) is 0 Å². The summed E-state index contributed by atoms with van der Waals surface area (Å²) in [7, 11) is 0. The van der Waals surface area contributed by atoms with Gasteiger partial charge in [-0.25, -0.2) is 9.78 Å². The number of nitrogens with one attached hydrogen (secondary N) is 1. The minimum absolute atomic E-state index is 0.208. The van der Waals surface area contributed by atoms with Crippen LogP contribution in [0.15, 0.2) is 12.5 Å². The average molecular weight is 322 g/mol. The molecule has 1 saturated heterocycles. The number of rotatable bonds is 5. The number of piperidine rings is 1. The highest BCUT2D eigenvalue weighted by Gasteiger charge is 2.27. The summed E-state index contributed by atoms with van der Waals surface area (Å²) in [5.74, 6) is 0. The van der Waals surface area contributed by atoms with E-state index in [0.29, 0.717) is 12.6 Å². The molecule has 2 heterocycles. The standard InChI is InChI=1S/C17H30N4O2/c1-5-8-21-13-18-10-15(21)11-19-14-7-6-9-20(12-14)16(22)23-17(2,3)4/h10,13-14,19H,5-9,11-12H2,1-4H3. The third-order valence-electron chi connectivity index (χ3n) is 3.91. The number of aromatic nitrogens is 2. The van der Waals surface area contributed by atoms with E-state index in [1.807, 2.05) is 38.2 Å². The van der Waals surface area contributed by atoms with Crippen LogP contribution in [-0.2, 0) is 17.8 Å². The molecule has 0 spiro atoms. The molecule has 1 aromatic rings. The van der Waals surface area contributed by atoms with E-state index >= 15 is 0 Å². The third-order valence-corrected chi connectivity index (χ3v) is 3.91. The summed E-state index contributed by atoms with van der Waals surface area (Å²) < 4.78 is 7.65. The quantitative estimate of drug-likeness (QED) is 0.905. The summed E-state index contributed by atoms with van der Waals surface area (Å²) in [6.07, 6.45) is 6.77. The van der Waals surface area contributed by atoms with Crippen molar-refractivity contribution in [3.05, 3.63) is 18.2 Å². The van der Waals surface area contributed by atoms with Gasteiger partial charge in [-0.05, 0) is 40.0 Å². The zero-order valence-corrected chi connectivity index (χ0v) is 14.8. The van der Waals surface area contributed by atoms with Crippen LogP contribution < -0.4 is 5.32 Å². The Morgan fingerprint density at radius 3 is 2.96 bits per heavy atom. The number of ether oxygens (including phenoxy) is 1. The number of carbonyl (C=O) groups excluding carboxylic acids is 1. The topological polar surface area (TPSA) is 59.4 Å². The molecular weight excluding hydrogens is 292 g/mol. The van der Waals surface area contributed by atoms with Gasteiger partial charge in [0.1, 0.15) is 5.60 Å². The van der Waals surface area contributed by atoms with Crippen molar-refractivity contribution < 1.29 is 9.53 Å². The van der Waals surface area contributed by atoms with Crippen LogP contribution in [0, 0.1) is 0 Å². The smallest absolute Gasteiger partial charge is 0.410 e. The zero-order chi connectivity index (χ0) is 16.9. The minimum atomic E-state index is -0.440. The van der Waals surface area contributed by atoms with E-state index in [-0.39, 0.29) is 6.09 Å². The molecule has 0 radical (unpaired) electrons. The summed E-state index contributed by atoms with van der Waals surface area (Å²) in [5, 5.41) is 3.56. The molecule has 6 heteroatoms. The lowest BCUT2D eigenvalue weighted by Crippen LogP contribution is -2.49. The first kappa shape index (κ1) is 17.8. The molecule has 1 unspecified atom stereocenters. The Kier molecular flexibility index (Phi) is 6.04. The van der Waals surface area contributed by atoms with Crippen molar-refractivity contribution in [3.63, 3.8) is 0 Å². The van der Waals surface area contributed by atoms with Crippen molar-refractivity contribution >= 4 is 6.09 Å². The van der Waals surface area contributed by atoms with Crippen LogP contribution >= 0.6 is 0 Å². The van der Waals surface area contributed by atoms with Gasteiger partial charge in [0.05, 0.1) is 12.0 Å². The maximum Gasteiger partial charge on any atom is 0.410 e. The van der Waals surface area contributed by atoms with Crippen LogP contribution in [0.3, 0.4) is 0 Å². The molecule has 1 amide bonds. The first-order valence-electron chi connectivity index (χ1n) is 8.59. The number of carbonyl (C=O) groups is 1. The predicted octanol–water partition coefficient (Wildman–Crippen LogP) is 2.78. The Bertz CT molecular complexity index is 507. The second-order valence-corrected chi connectivity index (χ2v) is 7.22. The van der Waals surface area contributed by atoms with Gasteiger partial charge < -0.3 is 19.5 Å². The molecular formula is C17H30N4O2. The van der Waals surface area contributed by atoms with Crippen LogP contribution in [-0.4, -0.2) is 45.3 Å². The Morgan fingerprint density at radius 2 is 2.26 bits per heavy atom. The van der Waals surface area contributed by atoms with Gasteiger partial charge in [-0.2, -0.15) is 0 Å². The molecule has 1 aliphatic heterocycles. The van der Waals surface area contributed by atoms with E-state index in [0.717, 1.165) is 38.9 Å². The number of hydrogen-bond acceptors (Lipinski definition) is 4. The van der Waals surface area contributed by atoms with E-state index in [9.17, 15) is 4.79 Å². The summed E-state index contributed by atoms with van der Waals surface area (Å²) in [4.78, 5) is 18.2. The van der Waals surface area contributed by atoms with Gasteiger partial charge in [0.15, 0.2) is 0 Å². The Hall–Kier alpha value is -1.56. The van der Waals surface area contributed by atoms with Crippen LogP contribution in [0.2, 0.25) is 0 Å². The molecule has 23 heavy (non-hydrogen) atoms. The first-order chi connectivity index (χ1) is 10.9. The highest BCUT2D eigenvalue weighted by Crippen LogP contribution is 2.15. The number of nitrogens with zero attached hydrogens (tertiary/aromatic N) is 3. The van der Waals surface area contributed by atoms with E-state index in [2.05, 4.69) is 21.8 Å². The molecule has 0 saturated carbocycles. The molecule has 2 rings (SSSR count). The van der Waals surface area contributed by atoms with Crippen LogP contribution in [0.5, 0.6) is 0 Å². The van der Waals surface area contributed by atoms with Crippen LogP contribution in [0.25, 0.3) is 0 Å². The number of hydrogen-bond donors (Lipinski definition) is 1. The molecule has 0 aliphatic carbocycles. The summed E-state index contributed by atoms with van der Waals surface area (Å²) in [5.41, 5.74) is 0.755. The minimum Gasteiger partial charge on any atom is -0.444 e. The third kappa shape index (κ3) is 5.53. The predicted molar refractivity (Wildman–Crippen MR) is 90.2 cm³/mol. The van der Waals surface area contributed by atoms with Crippen molar-refractivity contribution in [2.24, 2.45) is 0 Å². The van der Waals surface area contributed by atoms with Crippen molar-refractivity contribution in [1.82, 2.24) is 19.8 Å². The second kappa shape index (κ2) is 7.81. The lowest BCUT2D eigenvalue weighted by Gasteiger charge is -2.34. The number of amides is 1. The molecule has 6 nitrogen and oxygen atoms in total. The molecule has 130 valence electrons. The summed E-state index contributed by atoms with van der Waals surface area (Å²) in [6.45, 7) is 11.1. The van der Waals surface area contributed by atoms with Gasteiger partial charge in [0, 0.05) is 38.4 Å². The van der Waals surface area contributed by atoms with Crippen molar-refractivity contribution in [1.29, 1.82) is 0 Å². The largest absolute Gasteiger partial charge is 0.444 e. The molecule has 0 aromatic carbocycles. The fraction of sp³-hybridized carbons (Fsp3) is 0.765. The van der Waals surface area contributed by atoms with Crippen molar-refractivity contribution in [3.8, 4) is 0 Å². The lowest BCUT2D eigenvalue weighted by molar-refractivity contribution is 0.0187. The molecule has 0 bridgehead atoms. The van der Waals surface area contributed by atoms with Gasteiger partial charge in [-0.1, -0.05) is 6.92 Å². The average Bonchev–Trinajstić information content (AvgIpc) is 2.91. The Labute approximate surface area is 139 Å². The fourth-order valence-corrected chi connectivity index (χ4v) is 2.82. The van der Waals surface area contributed by atoms with Gasteiger partial charge >= 0.3 is 6.09 Å². The molecule has 1 aliphatic rings. The molecule has 1 fully saturated rings. The van der Waals surface area contributed by atoms with E-state index in [1.165, 1.54) is 5.69 Å². The molecule has 1 aromatic heterocycles. The summed E-state index contributed by atoms with van der Waals surface area (Å²) in [6, 6.07) is 0.307. The monoisotopic (exact) mass is 322 g/mol. The lowest BCUT2D eigenvalue weighted by atomic mass is 10.1. The fourth-order valence-electron chi connectivity index (χ4n) is 2.82. The highest BCUT2D eigenvalue weighted by molar-refractivity contribution is 5.68. The van der Waals surface area contributed by atoms with Crippen LogP contribution in [0.4, 0.5) is 4.79 Å². The zero-order valence-electron chi connectivity index (χ0n) is 14.8. The maximum absolute atomic E-state index is 12.2. The van der Waals surface area contributed by atoms with Gasteiger partial charge in [-0.3, -0.25) is 0 Å². The highest BCUT2D eigenvalue weighted by atomic mass is 16.6. The SMILES string of the molecule is CCCn1cncc1CNC1CCCN(C(=O)OC(C)(C)C)C1. The Balaban J connectivity index is 1.84. The molecule has 1 N–H and O–H groups in total. The number of imidazole rings is 1. The normalized spacial score (nSPS) is 19.0. The van der Waals surface area contributed by atoms with E-state index in [4.69, 9.17) is 4.74 Å². The van der Waals surface area contributed by atoms with Crippen molar-refractivity contribution in [2.45, 2.75) is 71.7 Å². The number of aryl methyl sites for hydroxylation is 1. The van der Waals surface area contributed by atoms with Crippen LogP contribution in [0.1, 0.15) is 52.7 Å². The van der Waals surface area contributed by atoms with E-state index in [1.54, 1.807) is 0 Å². The second-order valence-electron chi connectivity index (χ2n) is 7.22. The van der Waals surface area contributed by atoms with Gasteiger partial charge in [-0.15, -0.1) is 0 Å². The van der Waals surface area contributed by atoms with E-state index < -0.39 is 5.60 Å². The summed E-state index contributed by atoms with van der Waals surface area (Å²) >= 11 is 0. The van der Waals surface area contributed by atoms with Crippen molar-refractivity contribution in [2.75, 3.05) is 13.1 Å². The maximum atomic E-state index is 12.2. The van der Waals surface area contributed by atoms with Gasteiger partial charge in [0.25, 0.3) is 0 Å². The number of likely N-dealkylation sites (tertiary alicyclic amines) is 1. The Morgan fingerprint density at radius 1 is 1.48 bits per heavy atom.